The van der Waals surface area contributed by atoms with Crippen LogP contribution in [-0.2, 0) is 0 Å². The monoisotopic (exact) mass is 208 g/mol. The van der Waals surface area contributed by atoms with Crippen molar-refractivity contribution in [3.8, 4) is 0 Å². The summed E-state index contributed by atoms with van der Waals surface area (Å²) in [5.41, 5.74) is -0.708. The molecule has 0 saturated heterocycles. The predicted molar refractivity (Wildman–Crippen MR) is 52.7 cm³/mol. The van der Waals surface area contributed by atoms with Crippen LogP contribution in [0, 0.1) is 5.41 Å². The molecule has 0 unspecified atom stereocenters. The van der Waals surface area contributed by atoms with Crippen LogP contribution in [0.4, 0.5) is 0 Å². The van der Waals surface area contributed by atoms with Gasteiger partial charge in [0.05, 0.1) is 33.0 Å². The molecule has 0 fully saturated rings. The van der Waals surface area contributed by atoms with Crippen molar-refractivity contribution >= 4 is 0 Å². The largest absolute Gasteiger partial charge is 0.396 e. The van der Waals surface area contributed by atoms with Crippen LogP contribution in [0.1, 0.15) is 6.92 Å². The lowest BCUT2D eigenvalue weighted by molar-refractivity contribution is 0.0200. The molecule has 5 heteroatoms. The summed E-state index contributed by atoms with van der Waals surface area (Å²) in [5.74, 6) is 0. The van der Waals surface area contributed by atoms with Gasteiger partial charge in [0, 0.05) is 5.41 Å². The van der Waals surface area contributed by atoms with E-state index in [0.717, 1.165) is 0 Å². The van der Waals surface area contributed by atoms with Crippen molar-refractivity contribution < 1.29 is 25.5 Å². The zero-order chi connectivity index (χ0) is 11.4. The van der Waals surface area contributed by atoms with Crippen LogP contribution in [0.15, 0.2) is 12.2 Å². The third-order valence-corrected chi connectivity index (χ3v) is 1.52. The van der Waals surface area contributed by atoms with Gasteiger partial charge in [-0.2, -0.15) is 0 Å². The molecule has 5 nitrogen and oxygen atoms in total. The molecular formula is C9H20O5. The molecule has 0 aliphatic heterocycles. The molecule has 0 aliphatic rings. The molecule has 0 aromatic heterocycles. The van der Waals surface area contributed by atoms with Gasteiger partial charge in [-0.1, -0.05) is 19.1 Å². The maximum atomic E-state index is 8.47. The highest BCUT2D eigenvalue weighted by Crippen LogP contribution is 2.10. The van der Waals surface area contributed by atoms with Gasteiger partial charge in [0.2, 0.25) is 0 Å². The molecule has 0 radical (unpaired) electrons. The van der Waals surface area contributed by atoms with Crippen LogP contribution in [0.2, 0.25) is 0 Å². The first kappa shape index (κ1) is 16.0. The Hall–Kier alpha value is -0.460. The SMILES string of the molecule is CC(CO)(CO)CO.OCC=CCO. The van der Waals surface area contributed by atoms with Gasteiger partial charge in [-0.15, -0.1) is 0 Å². The predicted octanol–water partition coefficient (Wildman–Crippen LogP) is -1.50. The van der Waals surface area contributed by atoms with E-state index in [1.54, 1.807) is 6.92 Å². The van der Waals surface area contributed by atoms with Crippen molar-refractivity contribution in [3.63, 3.8) is 0 Å². The van der Waals surface area contributed by atoms with Crippen molar-refractivity contribution in [2.45, 2.75) is 6.92 Å². The van der Waals surface area contributed by atoms with Crippen molar-refractivity contribution in [2.24, 2.45) is 5.41 Å². The molecular weight excluding hydrogens is 188 g/mol. The summed E-state index contributed by atoms with van der Waals surface area (Å²) in [6, 6.07) is 0. The number of rotatable bonds is 5. The standard InChI is InChI=1S/C5H12O3.C4H8O2/c1-5(2-6,3-7)4-8;5-3-1-2-4-6/h6-8H,2-4H2,1H3;1-2,5-6H,3-4H2. The Labute approximate surface area is 83.9 Å². The average Bonchev–Trinajstić information content (AvgIpc) is 2.26. The minimum absolute atomic E-state index is 0.0144. The quantitative estimate of drug-likeness (QED) is 0.354. The minimum atomic E-state index is -0.708. The Morgan fingerprint density at radius 2 is 1.07 bits per heavy atom. The van der Waals surface area contributed by atoms with Gasteiger partial charge in [0.1, 0.15) is 0 Å². The maximum absolute atomic E-state index is 8.47. The van der Waals surface area contributed by atoms with E-state index in [2.05, 4.69) is 0 Å². The van der Waals surface area contributed by atoms with E-state index >= 15 is 0 Å². The van der Waals surface area contributed by atoms with Crippen LogP contribution in [0.3, 0.4) is 0 Å². The smallest absolute Gasteiger partial charge is 0.0613 e. The van der Waals surface area contributed by atoms with Crippen LogP contribution in [0.25, 0.3) is 0 Å². The molecule has 0 atom stereocenters. The molecule has 0 spiro atoms. The number of aliphatic hydroxyl groups is 5. The molecule has 0 saturated carbocycles. The molecule has 0 bridgehead atoms. The van der Waals surface area contributed by atoms with E-state index in [0.29, 0.717) is 0 Å². The molecule has 0 heterocycles. The lowest BCUT2D eigenvalue weighted by Gasteiger charge is -2.20. The summed E-state index contributed by atoms with van der Waals surface area (Å²) in [6.07, 6.45) is 2.97. The van der Waals surface area contributed by atoms with Gasteiger partial charge in [-0.3, -0.25) is 0 Å². The van der Waals surface area contributed by atoms with Gasteiger partial charge in [0.15, 0.2) is 0 Å². The fourth-order valence-corrected chi connectivity index (χ4v) is 0.299. The first-order valence-corrected chi connectivity index (χ1v) is 4.29. The Morgan fingerprint density at radius 3 is 1.14 bits per heavy atom. The van der Waals surface area contributed by atoms with Crippen LogP contribution in [-0.4, -0.2) is 58.6 Å². The second kappa shape index (κ2) is 10.6. The van der Waals surface area contributed by atoms with E-state index in [9.17, 15) is 0 Å². The van der Waals surface area contributed by atoms with Crippen molar-refractivity contribution in [2.75, 3.05) is 33.0 Å². The van der Waals surface area contributed by atoms with Gasteiger partial charge < -0.3 is 25.5 Å². The third kappa shape index (κ3) is 9.63. The third-order valence-electron chi connectivity index (χ3n) is 1.52. The lowest BCUT2D eigenvalue weighted by atomic mass is 9.95. The van der Waals surface area contributed by atoms with Gasteiger partial charge >= 0.3 is 0 Å². The molecule has 14 heavy (non-hydrogen) atoms. The summed E-state index contributed by atoms with van der Waals surface area (Å²) >= 11 is 0. The summed E-state index contributed by atoms with van der Waals surface area (Å²) in [7, 11) is 0. The van der Waals surface area contributed by atoms with E-state index in [4.69, 9.17) is 25.5 Å². The summed E-state index contributed by atoms with van der Waals surface area (Å²) in [4.78, 5) is 0. The number of hydrogen-bond donors (Lipinski definition) is 5. The second-order valence-electron chi connectivity index (χ2n) is 3.12. The van der Waals surface area contributed by atoms with E-state index < -0.39 is 5.41 Å². The molecule has 5 N–H and O–H groups in total. The Bertz CT molecular complexity index is 117. The molecule has 0 aliphatic carbocycles. The fourth-order valence-electron chi connectivity index (χ4n) is 0.299. The Balaban J connectivity index is 0. The molecule has 0 aromatic carbocycles. The first-order chi connectivity index (χ1) is 6.60. The highest BCUT2D eigenvalue weighted by Gasteiger charge is 2.20. The minimum Gasteiger partial charge on any atom is -0.396 e. The topological polar surface area (TPSA) is 101 Å². The summed E-state index contributed by atoms with van der Waals surface area (Å²) in [6.45, 7) is 1.09. The normalized spacial score (nSPS) is 11.3. The van der Waals surface area contributed by atoms with Crippen LogP contribution < -0.4 is 0 Å². The molecule has 0 rings (SSSR count). The highest BCUT2D eigenvalue weighted by molar-refractivity contribution is 4.78. The zero-order valence-electron chi connectivity index (χ0n) is 8.43. The van der Waals surface area contributed by atoms with Gasteiger partial charge in [0.25, 0.3) is 0 Å². The first-order valence-electron chi connectivity index (χ1n) is 4.29. The molecule has 0 aromatic rings. The van der Waals surface area contributed by atoms with Crippen LogP contribution >= 0.6 is 0 Å². The van der Waals surface area contributed by atoms with Crippen LogP contribution in [0.5, 0.6) is 0 Å². The summed E-state index contributed by atoms with van der Waals surface area (Å²) in [5, 5.41) is 41.4. The average molecular weight is 208 g/mol. The van der Waals surface area contributed by atoms with E-state index in [-0.39, 0.29) is 33.0 Å². The van der Waals surface area contributed by atoms with Crippen molar-refractivity contribution in [1.29, 1.82) is 0 Å². The van der Waals surface area contributed by atoms with Crippen molar-refractivity contribution in [1.82, 2.24) is 0 Å². The van der Waals surface area contributed by atoms with Gasteiger partial charge in [-0.25, -0.2) is 0 Å². The molecule has 86 valence electrons. The van der Waals surface area contributed by atoms with Gasteiger partial charge in [-0.05, 0) is 0 Å². The zero-order valence-corrected chi connectivity index (χ0v) is 8.43. The van der Waals surface area contributed by atoms with E-state index in [1.165, 1.54) is 12.2 Å². The Kier molecular flexibility index (Phi) is 12.1. The maximum Gasteiger partial charge on any atom is 0.0613 e. The lowest BCUT2D eigenvalue weighted by Crippen LogP contribution is -2.29. The number of hydrogen-bond acceptors (Lipinski definition) is 5. The fraction of sp³-hybridized carbons (Fsp3) is 0.778. The van der Waals surface area contributed by atoms with E-state index in [1.807, 2.05) is 0 Å². The Morgan fingerprint density at radius 1 is 0.786 bits per heavy atom. The van der Waals surface area contributed by atoms with Crippen molar-refractivity contribution in [3.05, 3.63) is 12.2 Å². The highest BCUT2D eigenvalue weighted by atomic mass is 16.3. The molecule has 0 amide bonds. The number of aliphatic hydroxyl groups excluding tert-OH is 5. The summed E-state index contributed by atoms with van der Waals surface area (Å²) < 4.78 is 0. The second-order valence-corrected chi connectivity index (χ2v) is 3.12.